The van der Waals surface area contributed by atoms with Crippen molar-refractivity contribution in [3.63, 3.8) is 0 Å². The molecule has 1 aliphatic carbocycles. The van der Waals surface area contributed by atoms with Gasteiger partial charge in [0, 0.05) is 28.7 Å². The maximum absolute atomic E-state index is 12.0. The van der Waals surface area contributed by atoms with Crippen LogP contribution in [0.4, 0.5) is 0 Å². The number of nitrogens with one attached hydrogen (secondary N) is 2. The number of nitrogens with zero attached hydrogens (tertiary/aromatic N) is 1. The standard InChI is InChI=1S/C19H20ClN3O4/c1-10-4-13(27-23-10)9-26-18-7-16-11(6-15(18)20)5-12(22-16)8-21-19(25)14-2-3-17(14)24/h4-7,14,17,22,24H,2-3,8-9H2,1H3,(H,21,25)/t14-,17-/m1/s1. The lowest BCUT2D eigenvalue weighted by molar-refractivity contribution is -0.134. The molecule has 0 saturated heterocycles. The smallest absolute Gasteiger partial charge is 0.226 e. The number of rotatable bonds is 6. The molecule has 7 nitrogen and oxygen atoms in total. The molecule has 2 atom stereocenters. The van der Waals surface area contributed by atoms with Crippen molar-refractivity contribution in [3.05, 3.63) is 46.4 Å². The zero-order valence-corrected chi connectivity index (χ0v) is 15.5. The Hall–Kier alpha value is -2.51. The third kappa shape index (κ3) is 3.79. The summed E-state index contributed by atoms with van der Waals surface area (Å²) < 4.78 is 10.9. The summed E-state index contributed by atoms with van der Waals surface area (Å²) in [6.45, 7) is 2.44. The van der Waals surface area contributed by atoms with Gasteiger partial charge in [0.2, 0.25) is 5.91 Å². The first-order chi connectivity index (χ1) is 13.0. The average Bonchev–Trinajstić information content (AvgIpc) is 3.21. The quantitative estimate of drug-likeness (QED) is 0.601. The van der Waals surface area contributed by atoms with Crippen molar-refractivity contribution >= 4 is 28.4 Å². The van der Waals surface area contributed by atoms with Crippen LogP contribution in [-0.4, -0.2) is 27.3 Å². The highest BCUT2D eigenvalue weighted by molar-refractivity contribution is 6.32. The van der Waals surface area contributed by atoms with E-state index in [0.717, 1.165) is 28.7 Å². The third-order valence-electron chi connectivity index (χ3n) is 4.80. The number of amides is 1. The highest BCUT2D eigenvalue weighted by Gasteiger charge is 2.34. The first kappa shape index (κ1) is 17.9. The van der Waals surface area contributed by atoms with Crippen molar-refractivity contribution in [2.24, 2.45) is 5.92 Å². The lowest BCUT2D eigenvalue weighted by Gasteiger charge is -2.30. The Kier molecular flexibility index (Phi) is 4.80. The number of H-pyrrole nitrogens is 1. The first-order valence-corrected chi connectivity index (χ1v) is 9.19. The number of aromatic amines is 1. The predicted molar refractivity (Wildman–Crippen MR) is 99.5 cm³/mol. The van der Waals surface area contributed by atoms with Gasteiger partial charge in [-0.05, 0) is 31.9 Å². The molecule has 142 valence electrons. The molecule has 1 saturated carbocycles. The Labute approximate surface area is 160 Å². The van der Waals surface area contributed by atoms with E-state index in [9.17, 15) is 9.90 Å². The number of ether oxygens (including phenoxy) is 1. The van der Waals surface area contributed by atoms with E-state index in [-0.39, 0.29) is 18.4 Å². The molecule has 0 radical (unpaired) electrons. The second-order valence-electron chi connectivity index (χ2n) is 6.86. The van der Waals surface area contributed by atoms with Gasteiger partial charge in [0.15, 0.2) is 5.76 Å². The fourth-order valence-electron chi connectivity index (χ4n) is 3.13. The summed E-state index contributed by atoms with van der Waals surface area (Å²) in [4.78, 5) is 15.3. The number of fused-ring (bicyclic) bond motifs is 1. The van der Waals surface area contributed by atoms with E-state index >= 15 is 0 Å². The zero-order valence-electron chi connectivity index (χ0n) is 14.8. The number of hydrogen-bond acceptors (Lipinski definition) is 5. The van der Waals surface area contributed by atoms with Crippen LogP contribution in [0.5, 0.6) is 5.75 Å². The third-order valence-corrected chi connectivity index (χ3v) is 5.10. The van der Waals surface area contributed by atoms with Gasteiger partial charge in [-0.25, -0.2) is 0 Å². The highest BCUT2D eigenvalue weighted by Crippen LogP contribution is 2.31. The Morgan fingerprint density at radius 2 is 2.26 bits per heavy atom. The maximum atomic E-state index is 12.0. The molecule has 3 aromatic rings. The van der Waals surface area contributed by atoms with Crippen molar-refractivity contribution in [2.45, 2.75) is 39.0 Å². The number of halogens is 1. The molecule has 2 heterocycles. The predicted octanol–water partition coefficient (Wildman–Crippen LogP) is 3.08. The summed E-state index contributed by atoms with van der Waals surface area (Å²) in [5, 5.41) is 17.7. The van der Waals surface area contributed by atoms with Gasteiger partial charge in [0.05, 0.1) is 29.3 Å². The highest BCUT2D eigenvalue weighted by atomic mass is 35.5. The summed E-state index contributed by atoms with van der Waals surface area (Å²) in [6.07, 6.45) is 0.916. The molecule has 1 aliphatic rings. The summed E-state index contributed by atoms with van der Waals surface area (Å²) in [6, 6.07) is 7.38. The average molecular weight is 390 g/mol. The molecule has 0 bridgehead atoms. The van der Waals surface area contributed by atoms with Crippen LogP contribution in [0.3, 0.4) is 0 Å². The second-order valence-corrected chi connectivity index (χ2v) is 7.26. The minimum absolute atomic E-state index is 0.114. The number of benzene rings is 1. The Morgan fingerprint density at radius 3 is 2.93 bits per heavy atom. The van der Waals surface area contributed by atoms with Crippen molar-refractivity contribution in [2.75, 3.05) is 0 Å². The Morgan fingerprint density at radius 1 is 1.41 bits per heavy atom. The van der Waals surface area contributed by atoms with Crippen LogP contribution in [0.15, 0.2) is 28.8 Å². The van der Waals surface area contributed by atoms with Crippen LogP contribution in [-0.2, 0) is 17.9 Å². The van der Waals surface area contributed by atoms with Crippen LogP contribution in [0.25, 0.3) is 10.9 Å². The van der Waals surface area contributed by atoms with Gasteiger partial charge in [-0.3, -0.25) is 4.79 Å². The number of aliphatic hydroxyl groups is 1. The van der Waals surface area contributed by atoms with Crippen LogP contribution >= 0.6 is 11.6 Å². The molecular formula is C19H20ClN3O4. The fourth-order valence-corrected chi connectivity index (χ4v) is 3.36. The van der Waals surface area contributed by atoms with Crippen molar-refractivity contribution in [3.8, 4) is 5.75 Å². The van der Waals surface area contributed by atoms with Crippen LogP contribution in [0.2, 0.25) is 5.02 Å². The first-order valence-electron chi connectivity index (χ1n) is 8.81. The largest absolute Gasteiger partial charge is 0.484 e. The van der Waals surface area contributed by atoms with Gasteiger partial charge >= 0.3 is 0 Å². The number of aryl methyl sites for hydroxylation is 1. The van der Waals surface area contributed by atoms with E-state index < -0.39 is 6.10 Å². The lowest BCUT2D eigenvalue weighted by atomic mass is 9.81. The van der Waals surface area contributed by atoms with Crippen LogP contribution in [0, 0.1) is 12.8 Å². The topological polar surface area (TPSA) is 100 Å². The van der Waals surface area contributed by atoms with Gasteiger partial charge in [-0.2, -0.15) is 0 Å². The monoisotopic (exact) mass is 389 g/mol. The molecule has 0 spiro atoms. The Bertz CT molecular complexity index is 981. The summed E-state index contributed by atoms with van der Waals surface area (Å²) in [5.41, 5.74) is 2.50. The van der Waals surface area contributed by atoms with Gasteiger partial charge in [-0.15, -0.1) is 0 Å². The fraction of sp³-hybridized carbons (Fsp3) is 0.368. The van der Waals surface area contributed by atoms with Crippen LogP contribution < -0.4 is 10.1 Å². The molecule has 4 rings (SSSR count). The number of hydrogen-bond donors (Lipinski definition) is 3. The SMILES string of the molecule is Cc1cc(COc2cc3[nH]c(CNC(=O)[C@@H]4CC[C@H]4O)cc3cc2Cl)on1. The molecular weight excluding hydrogens is 370 g/mol. The minimum Gasteiger partial charge on any atom is -0.484 e. The normalized spacial score (nSPS) is 19.1. The van der Waals surface area contributed by atoms with Gasteiger partial charge < -0.3 is 24.7 Å². The van der Waals surface area contributed by atoms with Gasteiger partial charge in [0.25, 0.3) is 0 Å². The van der Waals surface area contributed by atoms with E-state index in [1.807, 2.05) is 25.1 Å². The molecule has 8 heteroatoms. The minimum atomic E-state index is -0.514. The molecule has 1 amide bonds. The number of aromatic nitrogens is 2. The maximum Gasteiger partial charge on any atom is 0.226 e. The van der Waals surface area contributed by atoms with Crippen molar-refractivity contribution in [1.29, 1.82) is 0 Å². The van der Waals surface area contributed by atoms with E-state index in [1.165, 1.54) is 0 Å². The molecule has 1 fully saturated rings. The summed E-state index contributed by atoms with van der Waals surface area (Å²) >= 11 is 6.31. The van der Waals surface area contributed by atoms with E-state index in [2.05, 4.69) is 15.5 Å². The molecule has 0 aliphatic heterocycles. The number of aliphatic hydroxyl groups excluding tert-OH is 1. The van der Waals surface area contributed by atoms with E-state index in [0.29, 0.717) is 29.5 Å². The van der Waals surface area contributed by atoms with E-state index in [4.69, 9.17) is 20.9 Å². The molecule has 27 heavy (non-hydrogen) atoms. The Balaban J connectivity index is 1.43. The van der Waals surface area contributed by atoms with Crippen molar-refractivity contribution < 1.29 is 19.2 Å². The van der Waals surface area contributed by atoms with Gasteiger partial charge in [0.1, 0.15) is 12.4 Å². The molecule has 2 aromatic heterocycles. The van der Waals surface area contributed by atoms with Crippen LogP contribution in [0.1, 0.15) is 30.0 Å². The van der Waals surface area contributed by atoms with E-state index in [1.54, 1.807) is 6.07 Å². The lowest BCUT2D eigenvalue weighted by Crippen LogP contribution is -2.43. The zero-order chi connectivity index (χ0) is 19.0. The van der Waals surface area contributed by atoms with Crippen molar-refractivity contribution in [1.82, 2.24) is 15.5 Å². The molecule has 1 aromatic carbocycles. The molecule has 0 unspecified atom stereocenters. The molecule has 3 N–H and O–H groups in total. The number of carbonyl (C=O) groups is 1. The summed E-state index contributed by atoms with van der Waals surface area (Å²) in [7, 11) is 0. The number of carbonyl (C=O) groups excluding carboxylic acids is 1. The van der Waals surface area contributed by atoms with Gasteiger partial charge in [-0.1, -0.05) is 16.8 Å². The second kappa shape index (κ2) is 7.25. The summed E-state index contributed by atoms with van der Waals surface area (Å²) in [5.74, 6) is 0.755.